The Kier molecular flexibility index (Phi) is 6.53. The molecule has 0 unspecified atom stereocenters. The van der Waals surface area contributed by atoms with Crippen molar-refractivity contribution >= 4 is 27.3 Å². The van der Waals surface area contributed by atoms with Gasteiger partial charge in [-0.2, -0.15) is 0 Å². The Morgan fingerprint density at radius 2 is 2.00 bits per heavy atom. The van der Waals surface area contributed by atoms with Gasteiger partial charge in [0.05, 0.1) is 9.82 Å². The first-order valence-corrected chi connectivity index (χ1v) is 8.27. The zero-order valence-electron chi connectivity index (χ0n) is 11.8. The second-order valence-electron chi connectivity index (χ2n) is 4.73. The molecule has 1 aromatic rings. The van der Waals surface area contributed by atoms with E-state index in [1.165, 1.54) is 12.1 Å². The van der Waals surface area contributed by atoms with Gasteiger partial charge < -0.3 is 5.32 Å². The maximum absolute atomic E-state index is 12.0. The third kappa shape index (κ3) is 5.58. The molecule has 0 aliphatic heterocycles. The van der Waals surface area contributed by atoms with Crippen molar-refractivity contribution in [3.63, 3.8) is 0 Å². The van der Waals surface area contributed by atoms with Crippen LogP contribution < -0.4 is 10.0 Å². The topological polar surface area (TPSA) is 101 Å². The molecule has 0 aliphatic carbocycles. The van der Waals surface area contributed by atoms with Crippen molar-refractivity contribution in [2.45, 2.75) is 31.2 Å². The Balaban J connectivity index is 2.70. The number of nitro groups is 1. The summed E-state index contributed by atoms with van der Waals surface area (Å²) in [6.45, 7) is 4.92. The van der Waals surface area contributed by atoms with Gasteiger partial charge in [0, 0.05) is 18.7 Å². The number of benzene rings is 1. The van der Waals surface area contributed by atoms with E-state index in [1.807, 2.05) is 13.8 Å². The van der Waals surface area contributed by atoms with Crippen molar-refractivity contribution < 1.29 is 13.3 Å². The maximum atomic E-state index is 12.0. The molecule has 0 radical (unpaired) electrons. The van der Waals surface area contributed by atoms with Crippen molar-refractivity contribution in [2.75, 3.05) is 13.1 Å². The molecular weight excluding hydrogens is 318 g/mol. The second kappa shape index (κ2) is 7.69. The monoisotopic (exact) mass is 335 g/mol. The van der Waals surface area contributed by atoms with E-state index in [9.17, 15) is 18.5 Å². The molecule has 0 saturated heterocycles. The van der Waals surface area contributed by atoms with Crippen LogP contribution in [0.5, 0.6) is 0 Å². The Bertz CT molecular complexity index is 605. The lowest BCUT2D eigenvalue weighted by Crippen LogP contribution is -2.29. The summed E-state index contributed by atoms with van der Waals surface area (Å²) in [6.07, 6.45) is 0.618. The first-order chi connectivity index (χ1) is 9.74. The van der Waals surface area contributed by atoms with Crippen LogP contribution in [0.25, 0.3) is 0 Å². The van der Waals surface area contributed by atoms with Gasteiger partial charge in [-0.3, -0.25) is 10.1 Å². The lowest BCUT2D eigenvalue weighted by molar-refractivity contribution is -0.384. The number of hydrogen-bond donors (Lipinski definition) is 2. The van der Waals surface area contributed by atoms with E-state index >= 15 is 0 Å². The Morgan fingerprint density at radius 3 is 2.57 bits per heavy atom. The quantitative estimate of drug-likeness (QED) is 0.429. The number of nitro benzene ring substituents is 1. The minimum absolute atomic E-state index is 0.0971. The zero-order chi connectivity index (χ0) is 16.0. The highest BCUT2D eigenvalue weighted by Gasteiger charge is 2.20. The fourth-order valence-electron chi connectivity index (χ4n) is 1.57. The highest BCUT2D eigenvalue weighted by Crippen LogP contribution is 2.26. The van der Waals surface area contributed by atoms with Crippen molar-refractivity contribution in [2.24, 2.45) is 0 Å². The fourth-order valence-corrected chi connectivity index (χ4v) is 2.85. The first kappa shape index (κ1) is 17.8. The Hall–Kier alpha value is -1.22. The van der Waals surface area contributed by atoms with E-state index in [2.05, 4.69) is 10.0 Å². The molecule has 0 saturated carbocycles. The molecule has 1 rings (SSSR count). The van der Waals surface area contributed by atoms with Gasteiger partial charge in [-0.15, -0.1) is 0 Å². The lowest BCUT2D eigenvalue weighted by atomic mass is 10.3. The Morgan fingerprint density at radius 1 is 1.33 bits per heavy atom. The number of nitrogens with zero attached hydrogens (tertiary/aromatic N) is 1. The molecule has 21 heavy (non-hydrogen) atoms. The molecule has 0 bridgehead atoms. The smallest absolute Gasteiger partial charge is 0.289 e. The molecule has 0 aromatic heterocycles. The van der Waals surface area contributed by atoms with Crippen LogP contribution in [0, 0.1) is 10.1 Å². The van der Waals surface area contributed by atoms with Crippen LogP contribution in [0.15, 0.2) is 23.1 Å². The van der Waals surface area contributed by atoms with Crippen molar-refractivity contribution in [3.8, 4) is 0 Å². The van der Waals surface area contributed by atoms with Crippen LogP contribution in [0.3, 0.4) is 0 Å². The number of hydrogen-bond acceptors (Lipinski definition) is 5. The van der Waals surface area contributed by atoms with Gasteiger partial charge in [-0.25, -0.2) is 13.1 Å². The zero-order valence-corrected chi connectivity index (χ0v) is 13.4. The summed E-state index contributed by atoms with van der Waals surface area (Å²) < 4.78 is 26.4. The van der Waals surface area contributed by atoms with Crippen LogP contribution in [-0.2, 0) is 10.0 Å². The Labute approximate surface area is 128 Å². The molecule has 118 valence electrons. The van der Waals surface area contributed by atoms with Crippen molar-refractivity contribution in [1.29, 1.82) is 0 Å². The van der Waals surface area contributed by atoms with Crippen LogP contribution in [0.4, 0.5) is 5.69 Å². The van der Waals surface area contributed by atoms with E-state index in [-0.39, 0.29) is 16.5 Å². The summed E-state index contributed by atoms with van der Waals surface area (Å²) in [5.74, 6) is 0. The van der Waals surface area contributed by atoms with Gasteiger partial charge in [-0.1, -0.05) is 25.4 Å². The summed E-state index contributed by atoms with van der Waals surface area (Å²) in [5.41, 5.74) is -0.430. The average Bonchev–Trinajstić information content (AvgIpc) is 2.37. The van der Waals surface area contributed by atoms with Crippen LogP contribution in [-0.4, -0.2) is 32.5 Å². The summed E-state index contributed by atoms with van der Waals surface area (Å²) in [7, 11) is -3.77. The summed E-state index contributed by atoms with van der Waals surface area (Å²) in [5, 5.41) is 13.8. The standard InChI is InChI=1S/C12H18ClN3O4S/c1-9(2)14-6-3-7-15-21(19,20)10-4-5-11(13)12(8-10)16(17)18/h4-5,8-9,14-15H,3,6-7H2,1-2H3. The van der Waals surface area contributed by atoms with Gasteiger partial charge in [0.25, 0.3) is 5.69 Å². The molecule has 0 atom stereocenters. The average molecular weight is 336 g/mol. The maximum Gasteiger partial charge on any atom is 0.289 e. The van der Waals surface area contributed by atoms with Crippen LogP contribution >= 0.6 is 11.6 Å². The minimum atomic E-state index is -3.77. The summed E-state index contributed by atoms with van der Waals surface area (Å²) in [6, 6.07) is 3.73. The lowest BCUT2D eigenvalue weighted by Gasteiger charge is -2.09. The SMILES string of the molecule is CC(C)NCCCNS(=O)(=O)c1ccc(Cl)c([N+](=O)[O-])c1. The normalized spacial score (nSPS) is 11.8. The van der Waals surface area contributed by atoms with E-state index in [0.717, 1.165) is 6.07 Å². The van der Waals surface area contributed by atoms with Gasteiger partial charge in [0.15, 0.2) is 0 Å². The van der Waals surface area contributed by atoms with Gasteiger partial charge >= 0.3 is 0 Å². The summed E-state index contributed by atoms with van der Waals surface area (Å²) >= 11 is 5.65. The highest BCUT2D eigenvalue weighted by atomic mass is 35.5. The number of halogens is 1. The molecule has 0 spiro atoms. The van der Waals surface area contributed by atoms with E-state index in [1.54, 1.807) is 0 Å². The van der Waals surface area contributed by atoms with E-state index in [0.29, 0.717) is 19.0 Å². The number of rotatable bonds is 8. The van der Waals surface area contributed by atoms with Gasteiger partial charge in [0.2, 0.25) is 10.0 Å². The van der Waals surface area contributed by atoms with Gasteiger partial charge in [0.1, 0.15) is 5.02 Å². The van der Waals surface area contributed by atoms with Crippen LogP contribution in [0.1, 0.15) is 20.3 Å². The van der Waals surface area contributed by atoms with Gasteiger partial charge in [-0.05, 0) is 25.1 Å². The molecule has 2 N–H and O–H groups in total. The minimum Gasteiger partial charge on any atom is -0.314 e. The fraction of sp³-hybridized carbons (Fsp3) is 0.500. The third-order valence-corrected chi connectivity index (χ3v) is 4.40. The molecule has 0 heterocycles. The van der Waals surface area contributed by atoms with E-state index in [4.69, 9.17) is 11.6 Å². The number of sulfonamides is 1. The molecule has 0 aliphatic rings. The second-order valence-corrected chi connectivity index (χ2v) is 6.90. The van der Waals surface area contributed by atoms with Crippen LogP contribution in [0.2, 0.25) is 5.02 Å². The third-order valence-electron chi connectivity index (χ3n) is 2.62. The van der Waals surface area contributed by atoms with E-state index < -0.39 is 20.6 Å². The summed E-state index contributed by atoms with van der Waals surface area (Å²) in [4.78, 5) is 9.88. The molecule has 0 amide bonds. The molecule has 1 aromatic carbocycles. The highest BCUT2D eigenvalue weighted by molar-refractivity contribution is 7.89. The van der Waals surface area contributed by atoms with Crippen molar-refractivity contribution in [1.82, 2.24) is 10.0 Å². The van der Waals surface area contributed by atoms with Crippen molar-refractivity contribution in [3.05, 3.63) is 33.3 Å². The molecule has 9 heteroatoms. The molecular formula is C12H18ClN3O4S. The largest absolute Gasteiger partial charge is 0.314 e. The number of nitrogens with one attached hydrogen (secondary N) is 2. The predicted molar refractivity (Wildman–Crippen MR) is 81.1 cm³/mol. The molecule has 7 nitrogen and oxygen atoms in total. The predicted octanol–water partition coefficient (Wildman–Crippen LogP) is 1.91. The first-order valence-electron chi connectivity index (χ1n) is 6.41. The molecule has 0 fully saturated rings.